The van der Waals surface area contributed by atoms with Crippen molar-refractivity contribution in [3.05, 3.63) is 29.3 Å². The van der Waals surface area contributed by atoms with E-state index in [2.05, 4.69) is 21.7 Å². The van der Waals surface area contributed by atoms with Crippen molar-refractivity contribution in [1.82, 2.24) is 15.6 Å². The van der Waals surface area contributed by atoms with E-state index < -0.39 is 0 Å². The molecule has 1 aliphatic heterocycles. The highest BCUT2D eigenvalue weighted by atomic mass is 32.1. The first kappa shape index (κ1) is 14.4. The molecule has 0 radical (unpaired) electrons. The number of benzene rings is 1. The van der Waals surface area contributed by atoms with Crippen molar-refractivity contribution in [3.8, 4) is 0 Å². The summed E-state index contributed by atoms with van der Waals surface area (Å²) in [5, 5.41) is 7.24. The predicted molar refractivity (Wildman–Crippen MR) is 83.5 cm³/mol. The maximum atomic E-state index is 12.1. The first-order valence-electron chi connectivity index (χ1n) is 7.18. The summed E-state index contributed by atoms with van der Waals surface area (Å²) in [5.41, 5.74) is 1.03. The Kier molecular flexibility index (Phi) is 4.48. The van der Waals surface area contributed by atoms with Gasteiger partial charge in [-0.2, -0.15) is 0 Å². The molecule has 1 aromatic carbocycles. The van der Waals surface area contributed by atoms with Gasteiger partial charge < -0.3 is 15.4 Å². The molecule has 1 aliphatic rings. The Labute approximate surface area is 127 Å². The van der Waals surface area contributed by atoms with E-state index in [-0.39, 0.29) is 18.0 Å². The van der Waals surface area contributed by atoms with Gasteiger partial charge in [0.15, 0.2) is 0 Å². The molecule has 2 heterocycles. The van der Waals surface area contributed by atoms with Crippen LogP contribution in [0.1, 0.15) is 11.9 Å². The van der Waals surface area contributed by atoms with Crippen LogP contribution in [-0.4, -0.2) is 42.7 Å². The Morgan fingerprint density at radius 1 is 1.57 bits per heavy atom. The zero-order valence-corrected chi connectivity index (χ0v) is 12.8. The molecule has 0 saturated carbocycles. The van der Waals surface area contributed by atoms with Gasteiger partial charge in [0.1, 0.15) is 6.04 Å². The van der Waals surface area contributed by atoms with Crippen molar-refractivity contribution >= 4 is 27.5 Å². The summed E-state index contributed by atoms with van der Waals surface area (Å²) in [7, 11) is 0. The molecule has 3 rings (SSSR count). The molecule has 1 amide bonds. The summed E-state index contributed by atoms with van der Waals surface area (Å²) >= 11 is 1.69. The lowest BCUT2D eigenvalue weighted by Crippen LogP contribution is -2.53. The van der Waals surface area contributed by atoms with Gasteiger partial charge in [-0.25, -0.2) is 4.98 Å². The predicted octanol–water partition coefficient (Wildman–Crippen LogP) is 1.33. The second kappa shape index (κ2) is 6.51. The van der Waals surface area contributed by atoms with Crippen LogP contribution in [0.3, 0.4) is 0 Å². The van der Waals surface area contributed by atoms with Crippen molar-refractivity contribution in [3.63, 3.8) is 0 Å². The van der Waals surface area contributed by atoms with Gasteiger partial charge >= 0.3 is 0 Å². The summed E-state index contributed by atoms with van der Waals surface area (Å²) in [5.74, 6) is 0.00307. The molecule has 0 spiro atoms. The average molecular weight is 305 g/mol. The zero-order chi connectivity index (χ0) is 14.7. The largest absolute Gasteiger partial charge is 0.378 e. The number of fused-ring (bicyclic) bond motifs is 1. The summed E-state index contributed by atoms with van der Waals surface area (Å²) in [6, 6.07) is 7.92. The Morgan fingerprint density at radius 2 is 2.43 bits per heavy atom. The number of nitrogens with one attached hydrogen (secondary N) is 2. The molecule has 2 unspecified atom stereocenters. The molecular weight excluding hydrogens is 286 g/mol. The topological polar surface area (TPSA) is 63.2 Å². The second-order valence-corrected chi connectivity index (χ2v) is 6.39. The van der Waals surface area contributed by atoms with E-state index in [1.807, 2.05) is 25.1 Å². The van der Waals surface area contributed by atoms with Crippen LogP contribution in [0.5, 0.6) is 0 Å². The number of carbonyl (C=O) groups excluding carboxylic acids is 1. The van der Waals surface area contributed by atoms with E-state index in [9.17, 15) is 4.79 Å². The van der Waals surface area contributed by atoms with Crippen LogP contribution < -0.4 is 10.6 Å². The number of aromatic nitrogens is 1. The monoisotopic (exact) mass is 305 g/mol. The molecule has 2 atom stereocenters. The first-order valence-corrected chi connectivity index (χ1v) is 8.00. The van der Waals surface area contributed by atoms with Crippen molar-refractivity contribution in [2.75, 3.05) is 19.8 Å². The highest BCUT2D eigenvalue weighted by Gasteiger charge is 2.22. The third-order valence-corrected chi connectivity index (χ3v) is 4.50. The van der Waals surface area contributed by atoms with Gasteiger partial charge in [0, 0.05) is 19.0 Å². The van der Waals surface area contributed by atoms with Crippen LogP contribution in [0.25, 0.3) is 10.2 Å². The fourth-order valence-electron chi connectivity index (χ4n) is 2.40. The van der Waals surface area contributed by atoms with Crippen LogP contribution in [0, 0.1) is 0 Å². The minimum atomic E-state index is -0.239. The second-order valence-electron chi connectivity index (χ2n) is 5.27. The average Bonchev–Trinajstić information content (AvgIpc) is 2.90. The van der Waals surface area contributed by atoms with Crippen molar-refractivity contribution in [2.45, 2.75) is 25.4 Å². The lowest BCUT2D eigenvalue weighted by atomic mass is 10.2. The van der Waals surface area contributed by atoms with Crippen LogP contribution in [0.2, 0.25) is 0 Å². The molecular formula is C15H19N3O2S. The summed E-state index contributed by atoms with van der Waals surface area (Å²) in [4.78, 5) is 16.7. The van der Waals surface area contributed by atoms with E-state index in [0.717, 1.165) is 23.5 Å². The van der Waals surface area contributed by atoms with Crippen molar-refractivity contribution in [2.24, 2.45) is 0 Å². The van der Waals surface area contributed by atoms with Crippen LogP contribution >= 0.6 is 11.3 Å². The lowest BCUT2D eigenvalue weighted by molar-refractivity contribution is -0.126. The molecule has 1 aromatic heterocycles. The number of rotatable bonds is 4. The molecule has 1 fully saturated rings. The third-order valence-electron chi connectivity index (χ3n) is 3.45. The van der Waals surface area contributed by atoms with E-state index in [4.69, 9.17) is 4.74 Å². The molecule has 2 aromatic rings. The van der Waals surface area contributed by atoms with Gasteiger partial charge in [-0.15, -0.1) is 11.3 Å². The third kappa shape index (κ3) is 3.58. The number of nitrogens with zero attached hydrogens (tertiary/aromatic N) is 1. The van der Waals surface area contributed by atoms with Gasteiger partial charge in [0.2, 0.25) is 5.91 Å². The normalized spacial score (nSPS) is 20.3. The molecule has 21 heavy (non-hydrogen) atoms. The molecule has 5 nitrogen and oxygen atoms in total. The minimum Gasteiger partial charge on any atom is -0.378 e. The van der Waals surface area contributed by atoms with E-state index >= 15 is 0 Å². The Balaban J connectivity index is 1.57. The minimum absolute atomic E-state index is 0.00307. The van der Waals surface area contributed by atoms with Crippen molar-refractivity contribution in [1.29, 1.82) is 0 Å². The molecule has 0 bridgehead atoms. The van der Waals surface area contributed by atoms with Crippen LogP contribution in [0.15, 0.2) is 24.3 Å². The number of amides is 1. The standard InChI is InChI=1S/C15H19N3O2S/c1-10(17-15(19)12-9-20-7-6-16-12)8-14-18-11-4-2-3-5-13(11)21-14/h2-5,10,12,16H,6-9H2,1H3,(H,17,19). The van der Waals surface area contributed by atoms with Gasteiger partial charge in [-0.1, -0.05) is 12.1 Å². The van der Waals surface area contributed by atoms with Crippen molar-refractivity contribution < 1.29 is 9.53 Å². The Hall–Kier alpha value is -1.50. The maximum absolute atomic E-state index is 12.1. The fourth-order valence-corrected chi connectivity index (χ4v) is 3.49. The SMILES string of the molecule is CC(Cc1nc2ccccc2s1)NC(=O)C1COCCN1. The molecule has 0 aliphatic carbocycles. The van der Waals surface area contributed by atoms with Gasteiger partial charge in [0.05, 0.1) is 28.4 Å². The van der Waals surface area contributed by atoms with E-state index in [0.29, 0.717) is 13.2 Å². The number of morpholine rings is 1. The Bertz CT molecular complexity index is 589. The highest BCUT2D eigenvalue weighted by molar-refractivity contribution is 7.18. The molecule has 112 valence electrons. The smallest absolute Gasteiger partial charge is 0.239 e. The Morgan fingerprint density at radius 3 is 3.19 bits per heavy atom. The highest BCUT2D eigenvalue weighted by Crippen LogP contribution is 2.22. The summed E-state index contributed by atoms with van der Waals surface area (Å²) in [6.45, 7) is 3.85. The number of para-hydroxylation sites is 1. The van der Waals surface area contributed by atoms with Crippen LogP contribution in [-0.2, 0) is 16.0 Å². The van der Waals surface area contributed by atoms with Gasteiger partial charge in [0.25, 0.3) is 0 Å². The summed E-state index contributed by atoms with van der Waals surface area (Å²) < 4.78 is 6.50. The number of carbonyl (C=O) groups is 1. The quantitative estimate of drug-likeness (QED) is 0.894. The first-order chi connectivity index (χ1) is 10.2. The fraction of sp³-hybridized carbons (Fsp3) is 0.467. The maximum Gasteiger partial charge on any atom is 0.239 e. The van der Waals surface area contributed by atoms with Gasteiger partial charge in [-0.05, 0) is 19.1 Å². The van der Waals surface area contributed by atoms with Gasteiger partial charge in [-0.3, -0.25) is 4.79 Å². The van der Waals surface area contributed by atoms with E-state index in [1.165, 1.54) is 4.70 Å². The molecule has 2 N–H and O–H groups in total. The number of thiazole rings is 1. The number of ether oxygens (including phenoxy) is 1. The van der Waals surface area contributed by atoms with Crippen LogP contribution in [0.4, 0.5) is 0 Å². The lowest BCUT2D eigenvalue weighted by Gasteiger charge is -2.24. The molecule has 1 saturated heterocycles. The zero-order valence-electron chi connectivity index (χ0n) is 12.0. The number of hydrogen-bond donors (Lipinski definition) is 2. The summed E-state index contributed by atoms with van der Waals surface area (Å²) in [6.07, 6.45) is 0.749. The number of hydrogen-bond acceptors (Lipinski definition) is 5. The van der Waals surface area contributed by atoms with E-state index in [1.54, 1.807) is 11.3 Å². The molecule has 6 heteroatoms.